The minimum atomic E-state index is -0.790. The van der Waals surface area contributed by atoms with Crippen LogP contribution in [0.5, 0.6) is 0 Å². The minimum Gasteiger partial charge on any atom is -0.481 e. The van der Waals surface area contributed by atoms with Crippen molar-refractivity contribution in [2.45, 2.75) is 38.5 Å². The maximum Gasteiger partial charge on any atom is 0.317 e. The number of carbonyl (C=O) groups is 2. The maximum atomic E-state index is 12.0. The molecule has 112 valence electrons. The second-order valence-electron chi connectivity index (χ2n) is 6.73. The van der Waals surface area contributed by atoms with Crippen LogP contribution in [-0.2, 0) is 4.79 Å². The Labute approximate surface area is 119 Å². The first kappa shape index (κ1) is 13.7. The van der Waals surface area contributed by atoms with Crippen molar-refractivity contribution in [2.75, 3.05) is 19.6 Å². The predicted octanol–water partition coefficient (Wildman–Crippen LogP) is 1.93. The number of hydrogen-bond acceptors (Lipinski definition) is 2. The van der Waals surface area contributed by atoms with Crippen LogP contribution in [0, 0.1) is 23.7 Å². The molecule has 3 rings (SSSR count). The van der Waals surface area contributed by atoms with Gasteiger partial charge in [0.2, 0.25) is 0 Å². The predicted molar refractivity (Wildman–Crippen MR) is 74.3 cm³/mol. The Morgan fingerprint density at radius 2 is 2.05 bits per heavy atom. The van der Waals surface area contributed by atoms with E-state index in [1.54, 1.807) is 4.90 Å². The summed E-state index contributed by atoms with van der Waals surface area (Å²) < 4.78 is 0. The van der Waals surface area contributed by atoms with Crippen LogP contribution in [0.25, 0.3) is 0 Å². The van der Waals surface area contributed by atoms with Gasteiger partial charge in [-0.2, -0.15) is 0 Å². The number of rotatable bonds is 4. The molecule has 2 amide bonds. The van der Waals surface area contributed by atoms with Gasteiger partial charge < -0.3 is 15.3 Å². The third-order valence-corrected chi connectivity index (χ3v) is 5.50. The van der Waals surface area contributed by atoms with Crippen molar-refractivity contribution in [3.8, 4) is 0 Å². The van der Waals surface area contributed by atoms with Gasteiger partial charge in [0.25, 0.3) is 0 Å². The van der Waals surface area contributed by atoms with Crippen molar-refractivity contribution in [3.63, 3.8) is 0 Å². The van der Waals surface area contributed by atoms with Crippen molar-refractivity contribution in [1.29, 1.82) is 0 Å². The second kappa shape index (κ2) is 5.62. The lowest BCUT2D eigenvalue weighted by atomic mass is 9.86. The number of nitrogens with zero attached hydrogens (tertiary/aromatic N) is 1. The third-order valence-electron chi connectivity index (χ3n) is 5.50. The fourth-order valence-electron chi connectivity index (χ4n) is 4.35. The molecule has 0 radical (unpaired) electrons. The Hall–Kier alpha value is -1.26. The summed E-state index contributed by atoms with van der Waals surface area (Å²) >= 11 is 0. The summed E-state index contributed by atoms with van der Waals surface area (Å²) in [5.41, 5.74) is 0. The highest BCUT2D eigenvalue weighted by Crippen LogP contribution is 2.49. The summed E-state index contributed by atoms with van der Waals surface area (Å²) in [5, 5.41) is 11.9. The van der Waals surface area contributed by atoms with E-state index in [4.69, 9.17) is 5.11 Å². The van der Waals surface area contributed by atoms with E-state index in [-0.39, 0.29) is 11.9 Å². The van der Waals surface area contributed by atoms with Crippen LogP contribution in [-0.4, -0.2) is 41.6 Å². The molecule has 2 N–H and O–H groups in total. The third kappa shape index (κ3) is 2.76. The largest absolute Gasteiger partial charge is 0.481 e. The van der Waals surface area contributed by atoms with Crippen LogP contribution in [0.1, 0.15) is 38.5 Å². The SMILES string of the molecule is O=C(O)C1CCN(C(=O)NCCC2CC3CCC2C3)C1. The van der Waals surface area contributed by atoms with Gasteiger partial charge in [0.05, 0.1) is 5.92 Å². The highest BCUT2D eigenvalue weighted by molar-refractivity contribution is 5.77. The lowest BCUT2D eigenvalue weighted by Gasteiger charge is -2.22. The van der Waals surface area contributed by atoms with Crippen LogP contribution in [0.15, 0.2) is 0 Å². The molecule has 2 saturated carbocycles. The van der Waals surface area contributed by atoms with E-state index < -0.39 is 5.97 Å². The normalized spacial score (nSPS) is 35.5. The quantitative estimate of drug-likeness (QED) is 0.826. The van der Waals surface area contributed by atoms with Crippen LogP contribution >= 0.6 is 0 Å². The molecule has 4 unspecified atom stereocenters. The van der Waals surface area contributed by atoms with E-state index in [9.17, 15) is 9.59 Å². The van der Waals surface area contributed by atoms with Gasteiger partial charge in [-0.25, -0.2) is 4.79 Å². The summed E-state index contributed by atoms with van der Waals surface area (Å²) in [7, 11) is 0. The van der Waals surface area contributed by atoms with E-state index in [0.29, 0.717) is 19.5 Å². The van der Waals surface area contributed by atoms with Gasteiger partial charge in [-0.1, -0.05) is 6.42 Å². The minimum absolute atomic E-state index is 0.0862. The molecule has 5 nitrogen and oxygen atoms in total. The Morgan fingerprint density at radius 3 is 2.65 bits per heavy atom. The summed E-state index contributed by atoms with van der Waals surface area (Å²) in [6.07, 6.45) is 7.22. The molecule has 0 spiro atoms. The number of carbonyl (C=O) groups excluding carboxylic acids is 1. The molecule has 0 aromatic rings. The number of amides is 2. The van der Waals surface area contributed by atoms with Gasteiger partial charge in [0, 0.05) is 19.6 Å². The Morgan fingerprint density at radius 1 is 1.20 bits per heavy atom. The number of likely N-dealkylation sites (tertiary alicyclic amines) is 1. The zero-order valence-electron chi connectivity index (χ0n) is 11.9. The van der Waals surface area contributed by atoms with Crippen molar-refractivity contribution in [1.82, 2.24) is 10.2 Å². The first-order valence-corrected chi connectivity index (χ1v) is 7.89. The van der Waals surface area contributed by atoms with Crippen molar-refractivity contribution in [2.24, 2.45) is 23.7 Å². The first-order valence-electron chi connectivity index (χ1n) is 7.89. The maximum absolute atomic E-state index is 12.0. The molecule has 2 aliphatic carbocycles. The summed E-state index contributed by atoms with van der Waals surface area (Å²) in [5.74, 6) is 1.49. The number of carboxylic acids is 1. The number of carboxylic acid groups (broad SMARTS) is 1. The molecule has 5 heteroatoms. The molecular weight excluding hydrogens is 256 g/mol. The smallest absolute Gasteiger partial charge is 0.317 e. The number of aliphatic carboxylic acids is 1. The number of hydrogen-bond donors (Lipinski definition) is 2. The van der Waals surface area contributed by atoms with Crippen LogP contribution in [0.4, 0.5) is 4.79 Å². The molecule has 1 saturated heterocycles. The summed E-state index contributed by atoms with van der Waals surface area (Å²) in [4.78, 5) is 24.5. The van der Waals surface area contributed by atoms with Crippen molar-refractivity contribution >= 4 is 12.0 Å². The van der Waals surface area contributed by atoms with Gasteiger partial charge in [-0.3, -0.25) is 4.79 Å². The Bertz CT molecular complexity index is 399. The first-order chi connectivity index (χ1) is 9.63. The van der Waals surface area contributed by atoms with E-state index in [1.165, 1.54) is 25.7 Å². The Kier molecular flexibility index (Phi) is 3.85. The van der Waals surface area contributed by atoms with E-state index in [1.807, 2.05) is 0 Å². The number of fused-ring (bicyclic) bond motifs is 2. The molecule has 1 aliphatic heterocycles. The molecule has 3 aliphatic rings. The van der Waals surface area contributed by atoms with Gasteiger partial charge in [-0.05, 0) is 49.9 Å². The molecular formula is C15H24N2O3. The highest BCUT2D eigenvalue weighted by atomic mass is 16.4. The zero-order chi connectivity index (χ0) is 14.1. The van der Waals surface area contributed by atoms with Gasteiger partial charge in [0.15, 0.2) is 0 Å². The van der Waals surface area contributed by atoms with Crippen molar-refractivity contribution in [3.05, 3.63) is 0 Å². The molecule has 4 atom stereocenters. The molecule has 1 heterocycles. The van der Waals surface area contributed by atoms with Gasteiger partial charge in [-0.15, -0.1) is 0 Å². The summed E-state index contributed by atoms with van der Waals surface area (Å²) in [6.45, 7) is 1.66. The van der Waals surface area contributed by atoms with E-state index in [0.717, 1.165) is 30.7 Å². The topological polar surface area (TPSA) is 69.6 Å². The van der Waals surface area contributed by atoms with E-state index >= 15 is 0 Å². The summed E-state index contributed by atoms with van der Waals surface area (Å²) in [6, 6.07) is -0.0862. The fourth-order valence-corrected chi connectivity index (χ4v) is 4.35. The monoisotopic (exact) mass is 280 g/mol. The molecule has 0 aromatic heterocycles. The van der Waals surface area contributed by atoms with Gasteiger partial charge in [0.1, 0.15) is 0 Å². The number of urea groups is 1. The number of nitrogens with one attached hydrogen (secondary N) is 1. The average molecular weight is 280 g/mol. The Balaban J connectivity index is 1.36. The zero-order valence-corrected chi connectivity index (χ0v) is 11.9. The molecule has 2 bridgehead atoms. The lowest BCUT2D eigenvalue weighted by Crippen LogP contribution is -2.39. The van der Waals surface area contributed by atoms with Crippen LogP contribution < -0.4 is 5.32 Å². The highest BCUT2D eigenvalue weighted by Gasteiger charge is 2.39. The van der Waals surface area contributed by atoms with Gasteiger partial charge >= 0.3 is 12.0 Å². The fraction of sp³-hybridized carbons (Fsp3) is 0.867. The lowest BCUT2D eigenvalue weighted by molar-refractivity contribution is -0.141. The van der Waals surface area contributed by atoms with E-state index in [2.05, 4.69) is 5.32 Å². The molecule has 3 fully saturated rings. The second-order valence-corrected chi connectivity index (χ2v) is 6.73. The van der Waals surface area contributed by atoms with Crippen molar-refractivity contribution < 1.29 is 14.7 Å². The standard InChI is InChI=1S/C15H24N2O3/c18-14(19)13-4-6-17(9-13)15(20)16-5-3-12-8-10-1-2-11(12)7-10/h10-13H,1-9H2,(H,16,20)(H,18,19). The average Bonchev–Trinajstić information content (AvgIpc) is 3.14. The molecule has 0 aromatic carbocycles. The van der Waals surface area contributed by atoms with Crippen LogP contribution in [0.3, 0.4) is 0 Å². The molecule has 20 heavy (non-hydrogen) atoms. The van der Waals surface area contributed by atoms with Crippen LogP contribution in [0.2, 0.25) is 0 Å².